The van der Waals surface area contributed by atoms with Crippen LogP contribution < -0.4 is 0 Å². The molecule has 0 amide bonds. The van der Waals surface area contributed by atoms with Crippen molar-refractivity contribution in [3.63, 3.8) is 0 Å². The minimum atomic E-state index is 0.573. The summed E-state index contributed by atoms with van der Waals surface area (Å²) in [7, 11) is 0. The highest BCUT2D eigenvalue weighted by molar-refractivity contribution is 5.49. The van der Waals surface area contributed by atoms with E-state index in [9.17, 15) is 0 Å². The van der Waals surface area contributed by atoms with Crippen molar-refractivity contribution in [1.29, 1.82) is 5.26 Å². The lowest BCUT2D eigenvalue weighted by atomic mass is 9.92. The molecule has 20 heavy (non-hydrogen) atoms. The normalized spacial score (nSPS) is 16.6. The lowest BCUT2D eigenvalue weighted by molar-refractivity contribution is 0.655. The number of rotatable bonds is 6. The van der Waals surface area contributed by atoms with E-state index in [1.165, 1.54) is 16.7 Å². The maximum Gasteiger partial charge on any atom is 0.0988 e. The number of nitriles is 1. The minimum Gasteiger partial charge on any atom is -0.192 e. The van der Waals surface area contributed by atoms with E-state index in [2.05, 4.69) is 53.7 Å². The highest BCUT2D eigenvalue weighted by Gasteiger charge is 2.06. The van der Waals surface area contributed by atoms with E-state index in [4.69, 9.17) is 5.26 Å². The molecule has 0 bridgehead atoms. The molecular formula is C19H29N. The molecule has 0 heterocycles. The van der Waals surface area contributed by atoms with Crippen LogP contribution in [0.3, 0.4) is 0 Å². The molecule has 0 fully saturated rings. The molecule has 110 valence electrons. The Kier molecular flexibility index (Phi) is 8.64. The van der Waals surface area contributed by atoms with Gasteiger partial charge in [-0.3, -0.25) is 0 Å². The molecule has 1 atom stereocenters. The molecule has 0 radical (unpaired) electrons. The van der Waals surface area contributed by atoms with Gasteiger partial charge in [0.15, 0.2) is 0 Å². The number of nitrogens with zero attached hydrogens (tertiary/aromatic N) is 1. The van der Waals surface area contributed by atoms with Crippen LogP contribution in [0.1, 0.15) is 61.3 Å². The summed E-state index contributed by atoms with van der Waals surface area (Å²) in [5.41, 5.74) is 5.91. The lowest BCUT2D eigenvalue weighted by Crippen LogP contribution is -1.96. The van der Waals surface area contributed by atoms with Crippen LogP contribution in [0.4, 0.5) is 0 Å². The van der Waals surface area contributed by atoms with E-state index in [1.54, 1.807) is 0 Å². The van der Waals surface area contributed by atoms with Gasteiger partial charge < -0.3 is 0 Å². The third-order valence-electron chi connectivity index (χ3n) is 4.13. The van der Waals surface area contributed by atoms with Gasteiger partial charge in [-0.2, -0.15) is 5.26 Å². The molecule has 0 aromatic heterocycles. The fourth-order valence-corrected chi connectivity index (χ4v) is 1.83. The summed E-state index contributed by atoms with van der Waals surface area (Å²) in [6.45, 7) is 15.0. The van der Waals surface area contributed by atoms with Gasteiger partial charge in [-0.15, -0.1) is 0 Å². The largest absolute Gasteiger partial charge is 0.192 e. The zero-order valence-corrected chi connectivity index (χ0v) is 14.2. The van der Waals surface area contributed by atoms with Crippen LogP contribution in [-0.2, 0) is 0 Å². The Balaban J connectivity index is 5.82. The summed E-state index contributed by atoms with van der Waals surface area (Å²) < 4.78 is 0. The van der Waals surface area contributed by atoms with Crippen molar-refractivity contribution in [3.8, 4) is 6.07 Å². The number of hydrogen-bond acceptors (Lipinski definition) is 1. The highest BCUT2D eigenvalue weighted by atomic mass is 14.2. The average molecular weight is 271 g/mol. The smallest absolute Gasteiger partial charge is 0.0988 e. The van der Waals surface area contributed by atoms with E-state index in [-0.39, 0.29) is 0 Å². The molecule has 0 aliphatic rings. The molecule has 1 heteroatoms. The second-order valence-corrected chi connectivity index (χ2v) is 5.41. The highest BCUT2D eigenvalue weighted by Crippen LogP contribution is 2.24. The van der Waals surface area contributed by atoms with E-state index in [1.807, 2.05) is 19.1 Å². The Morgan fingerprint density at radius 3 is 2.15 bits per heavy atom. The van der Waals surface area contributed by atoms with Gasteiger partial charge in [0.25, 0.3) is 0 Å². The van der Waals surface area contributed by atoms with Crippen molar-refractivity contribution in [2.75, 3.05) is 0 Å². The Bertz CT molecular complexity index is 478. The number of allylic oxidation sites excluding steroid dienone is 8. The first-order chi connectivity index (χ1) is 9.40. The monoisotopic (exact) mass is 271 g/mol. The van der Waals surface area contributed by atoms with Crippen LogP contribution >= 0.6 is 0 Å². The third-order valence-corrected chi connectivity index (χ3v) is 4.13. The van der Waals surface area contributed by atoms with Crippen molar-refractivity contribution in [2.45, 2.75) is 61.3 Å². The second kappa shape index (κ2) is 9.37. The molecule has 0 aromatic carbocycles. The minimum absolute atomic E-state index is 0.573. The third kappa shape index (κ3) is 5.61. The van der Waals surface area contributed by atoms with Crippen molar-refractivity contribution < 1.29 is 0 Å². The Labute approximate surface area is 125 Å². The van der Waals surface area contributed by atoms with Crippen molar-refractivity contribution in [1.82, 2.24) is 0 Å². The molecule has 0 aliphatic heterocycles. The lowest BCUT2D eigenvalue weighted by Gasteiger charge is -2.13. The Hall–Kier alpha value is -1.55. The van der Waals surface area contributed by atoms with Gasteiger partial charge in [-0.1, -0.05) is 44.1 Å². The molecule has 0 aromatic rings. The molecule has 0 aliphatic carbocycles. The van der Waals surface area contributed by atoms with Gasteiger partial charge >= 0.3 is 0 Å². The summed E-state index contributed by atoms with van der Waals surface area (Å²) in [6.07, 6.45) is 8.28. The second-order valence-electron chi connectivity index (χ2n) is 5.41. The molecule has 1 nitrogen and oxygen atoms in total. The molecule has 1 unspecified atom stereocenters. The predicted octanol–water partition coefficient (Wildman–Crippen LogP) is 6.12. The van der Waals surface area contributed by atoms with Gasteiger partial charge in [0.1, 0.15) is 0 Å². The van der Waals surface area contributed by atoms with Crippen LogP contribution in [0, 0.1) is 17.2 Å². The fraction of sp³-hybridized carbons (Fsp3) is 0.526. The van der Waals surface area contributed by atoms with Crippen LogP contribution in [0.5, 0.6) is 0 Å². The molecule has 0 spiro atoms. The van der Waals surface area contributed by atoms with Gasteiger partial charge in [-0.25, -0.2) is 0 Å². The zero-order valence-electron chi connectivity index (χ0n) is 14.2. The predicted molar refractivity (Wildman–Crippen MR) is 89.3 cm³/mol. The van der Waals surface area contributed by atoms with Crippen LogP contribution in [-0.4, -0.2) is 0 Å². The molecule has 0 saturated carbocycles. The number of hydrogen-bond donors (Lipinski definition) is 0. The van der Waals surface area contributed by atoms with Crippen LogP contribution in [0.25, 0.3) is 0 Å². The van der Waals surface area contributed by atoms with Gasteiger partial charge in [0, 0.05) is 5.57 Å². The van der Waals surface area contributed by atoms with Crippen molar-refractivity contribution in [2.24, 2.45) is 5.92 Å². The van der Waals surface area contributed by atoms with Crippen LogP contribution in [0.2, 0.25) is 0 Å². The van der Waals surface area contributed by atoms with Gasteiger partial charge in [0.2, 0.25) is 0 Å². The Morgan fingerprint density at radius 2 is 1.75 bits per heavy atom. The molecule has 0 N–H and O–H groups in total. The first kappa shape index (κ1) is 18.4. The first-order valence-electron chi connectivity index (χ1n) is 7.54. The van der Waals surface area contributed by atoms with E-state index >= 15 is 0 Å². The van der Waals surface area contributed by atoms with Gasteiger partial charge in [-0.05, 0) is 63.7 Å². The summed E-state index contributed by atoms with van der Waals surface area (Å²) in [5.74, 6) is 0.573. The Morgan fingerprint density at radius 1 is 1.15 bits per heavy atom. The van der Waals surface area contributed by atoms with Crippen LogP contribution in [0.15, 0.2) is 46.1 Å². The van der Waals surface area contributed by atoms with Crippen molar-refractivity contribution in [3.05, 3.63) is 46.1 Å². The summed E-state index contributed by atoms with van der Waals surface area (Å²) in [4.78, 5) is 0. The topological polar surface area (TPSA) is 23.8 Å². The summed E-state index contributed by atoms with van der Waals surface area (Å²) >= 11 is 0. The maximum absolute atomic E-state index is 9.14. The average Bonchev–Trinajstić information content (AvgIpc) is 2.48. The van der Waals surface area contributed by atoms with E-state index < -0.39 is 0 Å². The fourth-order valence-electron chi connectivity index (χ4n) is 1.83. The SMILES string of the molecule is C\C=C(C#N)/C=C(/C=C(/C)C(C)CC)C(\C)=C(/C)CC. The first-order valence-corrected chi connectivity index (χ1v) is 7.54. The molecular weight excluding hydrogens is 242 g/mol. The summed E-state index contributed by atoms with van der Waals surface area (Å²) in [5, 5.41) is 9.14. The van der Waals surface area contributed by atoms with E-state index in [0.717, 1.165) is 24.0 Å². The molecule has 0 rings (SSSR count). The van der Waals surface area contributed by atoms with Gasteiger partial charge in [0.05, 0.1) is 6.07 Å². The van der Waals surface area contributed by atoms with E-state index in [0.29, 0.717) is 5.92 Å². The zero-order chi connectivity index (χ0) is 15.7. The standard InChI is InChI=1S/C19H29N/c1-8-14(4)16(6)11-19(12-18(10-3)13-20)17(7)15(5)9-2/h10-12,14H,8-9H2,1-7H3/b16-11-,17-15+,18-10+,19-12-. The summed E-state index contributed by atoms with van der Waals surface area (Å²) in [6, 6.07) is 2.24. The quantitative estimate of drug-likeness (QED) is 0.421. The maximum atomic E-state index is 9.14. The van der Waals surface area contributed by atoms with Crippen molar-refractivity contribution >= 4 is 0 Å². The molecule has 0 saturated heterocycles.